The Morgan fingerprint density at radius 1 is 1.00 bits per heavy atom. The fraction of sp³-hybridized carbons (Fsp3) is 0.111. The van der Waals surface area contributed by atoms with Crippen molar-refractivity contribution in [3.05, 3.63) is 72.1 Å². The van der Waals surface area contributed by atoms with Crippen molar-refractivity contribution in [2.45, 2.75) is 6.54 Å². The van der Waals surface area contributed by atoms with Crippen LogP contribution in [0.5, 0.6) is 0 Å². The van der Waals surface area contributed by atoms with Gasteiger partial charge in [0.05, 0.1) is 19.4 Å². The van der Waals surface area contributed by atoms with Crippen LogP contribution in [-0.2, 0) is 11.3 Å². The maximum Gasteiger partial charge on any atom is 0.287 e. The van der Waals surface area contributed by atoms with Crippen molar-refractivity contribution >= 4 is 11.8 Å². The van der Waals surface area contributed by atoms with Gasteiger partial charge in [0.15, 0.2) is 5.76 Å². The fourth-order valence-corrected chi connectivity index (χ4v) is 2.14. The van der Waals surface area contributed by atoms with E-state index in [2.05, 4.69) is 10.6 Å². The molecule has 0 aliphatic heterocycles. The van der Waals surface area contributed by atoms with Crippen LogP contribution in [0.15, 0.2) is 63.6 Å². The van der Waals surface area contributed by atoms with Gasteiger partial charge in [-0.15, -0.1) is 0 Å². The number of hydrogen-bond acceptors (Lipinski definition) is 4. The number of hydrogen-bond donors (Lipinski definition) is 2. The van der Waals surface area contributed by atoms with Gasteiger partial charge in [-0.1, -0.05) is 0 Å². The van der Waals surface area contributed by atoms with E-state index in [9.17, 15) is 14.0 Å². The van der Waals surface area contributed by atoms with Crippen molar-refractivity contribution in [1.29, 1.82) is 0 Å². The first kappa shape index (κ1) is 16.5. The van der Waals surface area contributed by atoms with Crippen molar-refractivity contribution in [2.24, 2.45) is 0 Å². The third-order valence-electron chi connectivity index (χ3n) is 3.41. The standard InChI is InChI=1S/C18H15FN2O4/c19-13-5-3-12(4-6-13)15-7-8-16(25-15)18(23)21-11-17(22)20-10-14-2-1-9-24-14/h1-9H,10-11H2,(H,20,22)(H,21,23). The van der Waals surface area contributed by atoms with Crippen molar-refractivity contribution in [2.75, 3.05) is 6.54 Å². The minimum Gasteiger partial charge on any atom is -0.467 e. The first-order valence-corrected chi connectivity index (χ1v) is 7.55. The molecule has 0 bridgehead atoms. The van der Waals surface area contributed by atoms with E-state index in [-0.39, 0.29) is 30.6 Å². The second kappa shape index (κ2) is 7.48. The maximum atomic E-state index is 12.9. The molecular formula is C18H15FN2O4. The van der Waals surface area contributed by atoms with Crippen LogP contribution < -0.4 is 10.6 Å². The predicted molar refractivity (Wildman–Crippen MR) is 87.0 cm³/mol. The average Bonchev–Trinajstić information content (AvgIpc) is 3.30. The van der Waals surface area contributed by atoms with Gasteiger partial charge in [-0.25, -0.2) is 4.39 Å². The summed E-state index contributed by atoms with van der Waals surface area (Å²) < 4.78 is 23.5. The van der Waals surface area contributed by atoms with Gasteiger partial charge in [0.1, 0.15) is 17.3 Å². The van der Waals surface area contributed by atoms with Crippen molar-refractivity contribution in [3.8, 4) is 11.3 Å². The zero-order chi connectivity index (χ0) is 17.6. The summed E-state index contributed by atoms with van der Waals surface area (Å²) in [6.45, 7) is 0.0588. The molecule has 0 spiro atoms. The first-order valence-electron chi connectivity index (χ1n) is 7.55. The molecule has 3 aromatic rings. The fourth-order valence-electron chi connectivity index (χ4n) is 2.14. The quantitative estimate of drug-likeness (QED) is 0.721. The first-order chi connectivity index (χ1) is 12.1. The zero-order valence-electron chi connectivity index (χ0n) is 13.1. The van der Waals surface area contributed by atoms with E-state index in [0.29, 0.717) is 17.1 Å². The van der Waals surface area contributed by atoms with Crippen molar-refractivity contribution in [3.63, 3.8) is 0 Å². The second-order valence-corrected chi connectivity index (χ2v) is 5.21. The molecule has 128 valence electrons. The molecule has 0 saturated carbocycles. The lowest BCUT2D eigenvalue weighted by Crippen LogP contribution is -2.36. The van der Waals surface area contributed by atoms with Gasteiger partial charge < -0.3 is 19.5 Å². The number of nitrogens with one attached hydrogen (secondary N) is 2. The third kappa shape index (κ3) is 4.35. The minimum atomic E-state index is -0.512. The van der Waals surface area contributed by atoms with Crippen LogP contribution in [0.2, 0.25) is 0 Å². The van der Waals surface area contributed by atoms with E-state index in [1.165, 1.54) is 24.5 Å². The molecule has 2 heterocycles. The molecule has 0 aliphatic carbocycles. The van der Waals surface area contributed by atoms with Crippen molar-refractivity contribution < 1.29 is 22.8 Å². The third-order valence-corrected chi connectivity index (χ3v) is 3.41. The Hall–Kier alpha value is -3.35. The van der Waals surface area contributed by atoms with Crippen LogP contribution in [0.25, 0.3) is 11.3 Å². The topological polar surface area (TPSA) is 84.5 Å². The monoisotopic (exact) mass is 342 g/mol. The van der Waals surface area contributed by atoms with Gasteiger partial charge in [0.2, 0.25) is 5.91 Å². The largest absolute Gasteiger partial charge is 0.467 e. The van der Waals surface area contributed by atoms with Gasteiger partial charge in [0.25, 0.3) is 5.91 Å². The highest BCUT2D eigenvalue weighted by Crippen LogP contribution is 2.22. The summed E-state index contributed by atoms with van der Waals surface area (Å²) in [7, 11) is 0. The lowest BCUT2D eigenvalue weighted by Gasteiger charge is -2.04. The summed E-state index contributed by atoms with van der Waals surface area (Å²) in [5, 5.41) is 5.08. The predicted octanol–water partition coefficient (Wildman–Crippen LogP) is 2.72. The van der Waals surface area contributed by atoms with E-state index in [1.54, 1.807) is 30.3 Å². The molecule has 2 N–H and O–H groups in total. The van der Waals surface area contributed by atoms with Crippen LogP contribution >= 0.6 is 0 Å². The number of furan rings is 2. The van der Waals surface area contributed by atoms with Gasteiger partial charge in [0, 0.05) is 5.56 Å². The summed E-state index contributed by atoms with van der Waals surface area (Å²) in [4.78, 5) is 23.7. The number of carbonyl (C=O) groups is 2. The van der Waals surface area contributed by atoms with E-state index in [0.717, 1.165) is 0 Å². The summed E-state index contributed by atoms with van der Waals surface area (Å²) in [5.74, 6) is -0.0920. The van der Waals surface area contributed by atoms with Crippen LogP contribution in [0.1, 0.15) is 16.3 Å². The number of rotatable bonds is 6. The minimum absolute atomic E-state index is 0.0677. The SMILES string of the molecule is O=C(CNC(=O)c1ccc(-c2ccc(F)cc2)o1)NCc1ccco1. The molecule has 0 unspecified atom stereocenters. The summed E-state index contributed by atoms with van der Waals surface area (Å²) in [6.07, 6.45) is 1.51. The van der Waals surface area contributed by atoms with Crippen LogP contribution in [0, 0.1) is 5.82 Å². The number of amides is 2. The van der Waals surface area contributed by atoms with Crippen molar-refractivity contribution in [1.82, 2.24) is 10.6 Å². The summed E-state index contributed by atoms with van der Waals surface area (Å²) in [6, 6.07) is 12.3. The summed E-state index contributed by atoms with van der Waals surface area (Å²) >= 11 is 0. The number of benzene rings is 1. The highest BCUT2D eigenvalue weighted by atomic mass is 19.1. The Morgan fingerprint density at radius 2 is 1.80 bits per heavy atom. The molecule has 0 fully saturated rings. The Kier molecular flexibility index (Phi) is 4.94. The van der Waals surface area contributed by atoms with E-state index >= 15 is 0 Å². The lowest BCUT2D eigenvalue weighted by atomic mass is 10.2. The molecule has 25 heavy (non-hydrogen) atoms. The molecule has 3 rings (SSSR count). The summed E-state index contributed by atoms with van der Waals surface area (Å²) in [5.41, 5.74) is 0.650. The maximum absolute atomic E-state index is 12.9. The molecule has 2 aromatic heterocycles. The molecular weight excluding hydrogens is 327 g/mol. The second-order valence-electron chi connectivity index (χ2n) is 5.21. The average molecular weight is 342 g/mol. The van der Waals surface area contributed by atoms with Crippen LogP contribution in [-0.4, -0.2) is 18.4 Å². The Labute approximate surface area is 142 Å². The molecule has 6 nitrogen and oxygen atoms in total. The lowest BCUT2D eigenvalue weighted by molar-refractivity contribution is -0.120. The van der Waals surface area contributed by atoms with E-state index < -0.39 is 5.91 Å². The highest BCUT2D eigenvalue weighted by Gasteiger charge is 2.13. The smallest absolute Gasteiger partial charge is 0.287 e. The zero-order valence-corrected chi connectivity index (χ0v) is 13.1. The van der Waals surface area contributed by atoms with Gasteiger partial charge in [-0.05, 0) is 48.5 Å². The molecule has 0 radical (unpaired) electrons. The Morgan fingerprint density at radius 3 is 2.52 bits per heavy atom. The molecule has 0 aliphatic rings. The number of carbonyl (C=O) groups excluding carboxylic acids is 2. The Balaban J connectivity index is 1.51. The normalized spacial score (nSPS) is 10.4. The van der Waals surface area contributed by atoms with Gasteiger partial charge >= 0.3 is 0 Å². The van der Waals surface area contributed by atoms with Crippen LogP contribution in [0.3, 0.4) is 0 Å². The highest BCUT2D eigenvalue weighted by molar-refractivity contribution is 5.94. The van der Waals surface area contributed by atoms with Gasteiger partial charge in [-0.3, -0.25) is 9.59 Å². The molecule has 7 heteroatoms. The number of halogens is 1. The van der Waals surface area contributed by atoms with Gasteiger partial charge in [-0.2, -0.15) is 0 Å². The van der Waals surface area contributed by atoms with E-state index in [1.807, 2.05) is 0 Å². The molecule has 0 saturated heterocycles. The van der Waals surface area contributed by atoms with E-state index in [4.69, 9.17) is 8.83 Å². The molecule has 1 aromatic carbocycles. The Bertz CT molecular complexity index is 854. The molecule has 2 amide bonds. The van der Waals surface area contributed by atoms with Crippen LogP contribution in [0.4, 0.5) is 4.39 Å². The molecule has 0 atom stereocenters.